The Kier molecular flexibility index (Phi) is 5.32. The van der Waals surface area contributed by atoms with E-state index in [-0.39, 0.29) is 11.5 Å². The first kappa shape index (κ1) is 18.7. The van der Waals surface area contributed by atoms with Crippen LogP contribution in [-0.4, -0.2) is 16.3 Å². The number of rotatable bonds is 4. The zero-order chi connectivity index (χ0) is 18.8. The number of hydrogen-bond acceptors (Lipinski definition) is 4. The SMILES string of the molecule is CC(=O)c1ccc(OC(=O)Cn2cc(C(F)(F)F)cc(Cl)c2=O)cc1. The van der Waals surface area contributed by atoms with Crippen LogP contribution in [0.3, 0.4) is 0 Å². The summed E-state index contributed by atoms with van der Waals surface area (Å²) in [6.07, 6.45) is -4.22. The molecule has 0 aliphatic heterocycles. The fourth-order valence-corrected chi connectivity index (χ4v) is 2.16. The third-order valence-corrected chi connectivity index (χ3v) is 3.43. The van der Waals surface area contributed by atoms with Gasteiger partial charge in [-0.15, -0.1) is 0 Å². The van der Waals surface area contributed by atoms with Crippen LogP contribution in [0.5, 0.6) is 5.75 Å². The number of aromatic nitrogens is 1. The molecular formula is C16H11ClF3NO4. The van der Waals surface area contributed by atoms with E-state index in [1.54, 1.807) is 0 Å². The predicted octanol–water partition coefficient (Wildman–Crippen LogP) is 3.33. The Morgan fingerprint density at radius 2 is 1.80 bits per heavy atom. The third-order valence-electron chi connectivity index (χ3n) is 3.16. The predicted molar refractivity (Wildman–Crippen MR) is 82.8 cm³/mol. The van der Waals surface area contributed by atoms with Crippen LogP contribution in [0.4, 0.5) is 13.2 Å². The first-order chi connectivity index (χ1) is 11.6. The van der Waals surface area contributed by atoms with E-state index >= 15 is 0 Å². The maximum Gasteiger partial charge on any atom is 0.417 e. The second kappa shape index (κ2) is 7.10. The number of alkyl halides is 3. The molecule has 25 heavy (non-hydrogen) atoms. The molecule has 1 aromatic heterocycles. The molecule has 1 aromatic carbocycles. The van der Waals surface area contributed by atoms with Crippen molar-refractivity contribution in [2.24, 2.45) is 0 Å². The molecule has 9 heteroatoms. The van der Waals surface area contributed by atoms with Crippen LogP contribution in [0, 0.1) is 0 Å². The van der Waals surface area contributed by atoms with E-state index in [4.69, 9.17) is 16.3 Å². The largest absolute Gasteiger partial charge is 0.425 e. The summed E-state index contributed by atoms with van der Waals surface area (Å²) in [6.45, 7) is 0.613. The average molecular weight is 374 g/mol. The molecule has 2 rings (SSSR count). The van der Waals surface area contributed by atoms with E-state index in [9.17, 15) is 27.6 Å². The lowest BCUT2D eigenvalue weighted by molar-refractivity contribution is -0.139. The van der Waals surface area contributed by atoms with Gasteiger partial charge in [-0.2, -0.15) is 13.2 Å². The van der Waals surface area contributed by atoms with Gasteiger partial charge in [0.25, 0.3) is 5.56 Å². The Morgan fingerprint density at radius 3 is 2.32 bits per heavy atom. The standard InChI is InChI=1S/C16H11ClF3NO4/c1-9(22)10-2-4-12(5-3-10)25-14(23)8-21-7-11(16(18,19)20)6-13(17)15(21)24/h2-7H,8H2,1H3. The van der Waals surface area contributed by atoms with Gasteiger partial charge in [0.05, 0.1) is 5.56 Å². The number of Topliss-reactive ketones (excluding diaryl/α,β-unsaturated/α-hetero) is 1. The van der Waals surface area contributed by atoms with E-state index in [1.807, 2.05) is 0 Å². The van der Waals surface area contributed by atoms with Crippen molar-refractivity contribution in [1.29, 1.82) is 0 Å². The molecule has 132 valence electrons. The highest BCUT2D eigenvalue weighted by Gasteiger charge is 2.32. The van der Waals surface area contributed by atoms with Crippen molar-refractivity contribution in [3.63, 3.8) is 0 Å². The molecule has 1 heterocycles. The lowest BCUT2D eigenvalue weighted by Gasteiger charge is -2.11. The zero-order valence-electron chi connectivity index (χ0n) is 12.8. The fraction of sp³-hybridized carbons (Fsp3) is 0.188. The molecule has 0 saturated heterocycles. The van der Waals surface area contributed by atoms with Crippen molar-refractivity contribution < 1.29 is 27.5 Å². The molecule has 0 aliphatic rings. The van der Waals surface area contributed by atoms with E-state index < -0.39 is 34.8 Å². The van der Waals surface area contributed by atoms with E-state index in [2.05, 4.69) is 0 Å². The minimum atomic E-state index is -4.72. The maximum absolute atomic E-state index is 12.7. The van der Waals surface area contributed by atoms with Crippen LogP contribution in [0.2, 0.25) is 5.02 Å². The molecule has 0 fully saturated rings. The van der Waals surface area contributed by atoms with Gasteiger partial charge < -0.3 is 9.30 Å². The fourth-order valence-electron chi connectivity index (χ4n) is 1.93. The number of esters is 1. The first-order valence-electron chi connectivity index (χ1n) is 6.87. The molecule has 0 spiro atoms. The summed E-state index contributed by atoms with van der Waals surface area (Å²) in [5, 5.41) is -0.659. The Bertz CT molecular complexity index is 872. The van der Waals surface area contributed by atoms with Gasteiger partial charge in [0.2, 0.25) is 0 Å². The van der Waals surface area contributed by atoms with Gasteiger partial charge >= 0.3 is 12.1 Å². The summed E-state index contributed by atoms with van der Waals surface area (Å²) in [5.74, 6) is -1.06. The second-order valence-electron chi connectivity index (χ2n) is 5.06. The minimum absolute atomic E-state index is 0.0844. The number of benzene rings is 1. The average Bonchev–Trinajstić information content (AvgIpc) is 2.51. The quantitative estimate of drug-likeness (QED) is 0.468. The number of carbonyl (C=O) groups excluding carboxylic acids is 2. The van der Waals surface area contributed by atoms with Crippen LogP contribution in [0.1, 0.15) is 22.8 Å². The summed E-state index contributed by atoms with van der Waals surface area (Å²) < 4.78 is 43.7. The number of ketones is 1. The van der Waals surface area contributed by atoms with Crippen LogP contribution in [-0.2, 0) is 17.5 Å². The highest BCUT2D eigenvalue weighted by atomic mass is 35.5. The molecule has 0 saturated carbocycles. The Labute approximate surface area is 144 Å². The molecule has 0 unspecified atom stereocenters. The number of ether oxygens (including phenoxy) is 1. The van der Waals surface area contributed by atoms with Gasteiger partial charge in [0, 0.05) is 11.8 Å². The number of halogens is 4. The highest BCUT2D eigenvalue weighted by molar-refractivity contribution is 6.30. The summed E-state index contributed by atoms with van der Waals surface area (Å²) in [4.78, 5) is 34.8. The van der Waals surface area contributed by atoms with Crippen LogP contribution in [0.15, 0.2) is 41.3 Å². The van der Waals surface area contributed by atoms with Crippen molar-refractivity contribution in [1.82, 2.24) is 4.57 Å². The smallest absolute Gasteiger partial charge is 0.417 e. The minimum Gasteiger partial charge on any atom is -0.425 e. The normalized spacial score (nSPS) is 11.2. The molecule has 0 aliphatic carbocycles. The van der Waals surface area contributed by atoms with Crippen molar-refractivity contribution in [2.75, 3.05) is 0 Å². The first-order valence-corrected chi connectivity index (χ1v) is 7.24. The van der Waals surface area contributed by atoms with Crippen molar-refractivity contribution >= 4 is 23.4 Å². The highest BCUT2D eigenvalue weighted by Crippen LogP contribution is 2.29. The molecule has 0 bridgehead atoms. The van der Waals surface area contributed by atoms with Gasteiger partial charge in [-0.05, 0) is 37.3 Å². The number of pyridine rings is 1. The monoisotopic (exact) mass is 373 g/mol. The summed E-state index contributed by atoms with van der Waals surface area (Å²) in [5.41, 5.74) is -1.70. The van der Waals surface area contributed by atoms with E-state index in [0.717, 1.165) is 0 Å². The van der Waals surface area contributed by atoms with E-state index in [0.29, 0.717) is 22.4 Å². The molecular weight excluding hydrogens is 363 g/mol. The second-order valence-corrected chi connectivity index (χ2v) is 5.47. The zero-order valence-corrected chi connectivity index (χ0v) is 13.5. The van der Waals surface area contributed by atoms with Gasteiger partial charge in [0.15, 0.2) is 5.78 Å². The van der Waals surface area contributed by atoms with Gasteiger partial charge in [-0.25, -0.2) is 4.79 Å². The molecule has 0 amide bonds. The van der Waals surface area contributed by atoms with Crippen LogP contribution < -0.4 is 10.3 Å². The molecule has 0 N–H and O–H groups in total. The Morgan fingerprint density at radius 1 is 1.20 bits per heavy atom. The number of hydrogen-bond donors (Lipinski definition) is 0. The Balaban J connectivity index is 2.19. The number of carbonyl (C=O) groups is 2. The molecule has 2 aromatic rings. The molecule has 0 radical (unpaired) electrons. The van der Waals surface area contributed by atoms with Crippen molar-refractivity contribution in [3.8, 4) is 5.75 Å². The maximum atomic E-state index is 12.7. The molecule has 5 nitrogen and oxygen atoms in total. The van der Waals surface area contributed by atoms with Crippen molar-refractivity contribution in [3.05, 3.63) is 63.0 Å². The summed E-state index contributed by atoms with van der Waals surface area (Å²) in [7, 11) is 0. The van der Waals surface area contributed by atoms with Crippen LogP contribution in [0.25, 0.3) is 0 Å². The third kappa shape index (κ3) is 4.69. The molecule has 0 atom stereocenters. The van der Waals surface area contributed by atoms with Gasteiger partial charge in [0.1, 0.15) is 17.3 Å². The lowest BCUT2D eigenvalue weighted by atomic mass is 10.1. The lowest BCUT2D eigenvalue weighted by Crippen LogP contribution is -2.28. The van der Waals surface area contributed by atoms with Gasteiger partial charge in [-0.1, -0.05) is 11.6 Å². The topological polar surface area (TPSA) is 65.4 Å². The summed E-state index contributed by atoms with van der Waals surface area (Å²) >= 11 is 5.50. The Hall–Kier alpha value is -2.61. The van der Waals surface area contributed by atoms with Gasteiger partial charge in [-0.3, -0.25) is 9.59 Å². The van der Waals surface area contributed by atoms with Crippen LogP contribution >= 0.6 is 11.6 Å². The van der Waals surface area contributed by atoms with E-state index in [1.165, 1.54) is 31.2 Å². The van der Waals surface area contributed by atoms with Crippen molar-refractivity contribution in [2.45, 2.75) is 19.6 Å². The number of nitrogens with zero attached hydrogens (tertiary/aromatic N) is 1. The summed E-state index contributed by atoms with van der Waals surface area (Å²) in [6, 6.07) is 6.07.